The largest absolute Gasteiger partial charge is 0.491 e. The normalized spacial score (nSPS) is 11.4. The van der Waals surface area contributed by atoms with Crippen molar-refractivity contribution >= 4 is 11.0 Å². The molecule has 0 amide bonds. The SMILES string of the molecule is CC(C)Oc1ccc2oc(-c3ccc(F)cc3)c(-c3ncn[nH]3)c2c1. The molecule has 0 aliphatic carbocycles. The van der Waals surface area contributed by atoms with Crippen LogP contribution in [0.2, 0.25) is 0 Å². The molecule has 4 aromatic rings. The molecule has 0 radical (unpaired) electrons. The third-order valence-electron chi connectivity index (χ3n) is 3.79. The number of nitrogens with one attached hydrogen (secondary N) is 1. The molecule has 0 spiro atoms. The molecule has 0 bridgehead atoms. The predicted molar refractivity (Wildman–Crippen MR) is 92.7 cm³/mol. The molecule has 2 aromatic carbocycles. The first-order valence-electron chi connectivity index (χ1n) is 7.96. The number of rotatable bonds is 4. The average Bonchev–Trinajstić information content (AvgIpc) is 3.21. The van der Waals surface area contributed by atoms with Crippen LogP contribution in [-0.4, -0.2) is 21.3 Å². The Balaban J connectivity index is 1.95. The summed E-state index contributed by atoms with van der Waals surface area (Å²) < 4.78 is 25.1. The van der Waals surface area contributed by atoms with Crippen LogP contribution in [-0.2, 0) is 0 Å². The lowest BCUT2D eigenvalue weighted by molar-refractivity contribution is 0.242. The number of aromatic amines is 1. The second-order valence-electron chi connectivity index (χ2n) is 5.97. The van der Waals surface area contributed by atoms with Crippen LogP contribution in [0.5, 0.6) is 5.75 Å². The van der Waals surface area contributed by atoms with Crippen LogP contribution in [0.1, 0.15) is 13.8 Å². The van der Waals surface area contributed by atoms with Gasteiger partial charge in [0.25, 0.3) is 0 Å². The van der Waals surface area contributed by atoms with Gasteiger partial charge in [-0.15, -0.1) is 0 Å². The number of hydrogen-bond donors (Lipinski definition) is 1. The minimum atomic E-state index is -0.298. The maximum Gasteiger partial charge on any atom is 0.159 e. The van der Waals surface area contributed by atoms with E-state index in [2.05, 4.69) is 15.2 Å². The van der Waals surface area contributed by atoms with Crippen LogP contribution in [0.15, 0.2) is 53.2 Å². The van der Waals surface area contributed by atoms with Crippen molar-refractivity contribution in [2.45, 2.75) is 20.0 Å². The fraction of sp³-hybridized carbons (Fsp3) is 0.158. The summed E-state index contributed by atoms with van der Waals surface area (Å²) in [5, 5.41) is 7.67. The Morgan fingerprint density at radius 2 is 1.92 bits per heavy atom. The monoisotopic (exact) mass is 337 g/mol. The second kappa shape index (κ2) is 6.05. The van der Waals surface area contributed by atoms with Crippen LogP contribution in [0.4, 0.5) is 4.39 Å². The number of hydrogen-bond acceptors (Lipinski definition) is 4. The van der Waals surface area contributed by atoms with E-state index < -0.39 is 0 Å². The molecule has 0 aliphatic heterocycles. The van der Waals surface area contributed by atoms with E-state index in [1.54, 1.807) is 12.1 Å². The summed E-state index contributed by atoms with van der Waals surface area (Å²) in [6.07, 6.45) is 1.51. The number of fused-ring (bicyclic) bond motifs is 1. The molecule has 0 fully saturated rings. The second-order valence-corrected chi connectivity index (χ2v) is 5.97. The van der Waals surface area contributed by atoms with E-state index in [0.717, 1.165) is 22.3 Å². The van der Waals surface area contributed by atoms with Gasteiger partial charge in [0, 0.05) is 10.9 Å². The van der Waals surface area contributed by atoms with Gasteiger partial charge in [-0.25, -0.2) is 9.37 Å². The van der Waals surface area contributed by atoms with Crippen molar-refractivity contribution in [2.75, 3.05) is 0 Å². The minimum Gasteiger partial charge on any atom is -0.491 e. The molecule has 126 valence electrons. The maximum atomic E-state index is 13.3. The molecule has 2 heterocycles. The Morgan fingerprint density at radius 3 is 2.60 bits per heavy atom. The fourth-order valence-corrected chi connectivity index (χ4v) is 2.79. The standard InChI is InChI=1S/C19H16FN3O2/c1-11(2)24-14-7-8-16-15(9-14)17(19-21-10-22-23-19)18(25-16)12-3-5-13(20)6-4-12/h3-11H,1-2H3,(H,21,22,23). The summed E-state index contributed by atoms with van der Waals surface area (Å²) in [4.78, 5) is 4.26. The average molecular weight is 337 g/mol. The topological polar surface area (TPSA) is 63.9 Å². The molecule has 5 nitrogen and oxygen atoms in total. The molecule has 4 rings (SSSR count). The van der Waals surface area contributed by atoms with Crippen molar-refractivity contribution in [1.29, 1.82) is 0 Å². The highest BCUT2D eigenvalue weighted by Gasteiger charge is 2.20. The number of benzene rings is 2. The van der Waals surface area contributed by atoms with E-state index >= 15 is 0 Å². The smallest absolute Gasteiger partial charge is 0.159 e. The Bertz CT molecular complexity index is 1010. The van der Waals surface area contributed by atoms with Crippen molar-refractivity contribution < 1.29 is 13.5 Å². The van der Waals surface area contributed by atoms with Gasteiger partial charge in [-0.1, -0.05) is 0 Å². The quantitative estimate of drug-likeness (QED) is 0.580. The lowest BCUT2D eigenvalue weighted by atomic mass is 10.0. The van der Waals surface area contributed by atoms with Crippen LogP contribution < -0.4 is 4.74 Å². The molecule has 0 atom stereocenters. The first-order valence-corrected chi connectivity index (χ1v) is 7.96. The molecule has 6 heteroatoms. The lowest BCUT2D eigenvalue weighted by Gasteiger charge is -2.09. The van der Waals surface area contributed by atoms with Crippen LogP contribution in [0.25, 0.3) is 33.7 Å². The van der Waals surface area contributed by atoms with Crippen molar-refractivity contribution in [1.82, 2.24) is 15.2 Å². The maximum absolute atomic E-state index is 13.3. The van der Waals surface area contributed by atoms with Crippen LogP contribution in [0, 0.1) is 5.82 Å². The van der Waals surface area contributed by atoms with Gasteiger partial charge in [-0.05, 0) is 56.3 Å². The van der Waals surface area contributed by atoms with Crippen LogP contribution >= 0.6 is 0 Å². The molecular formula is C19H16FN3O2. The molecule has 0 saturated carbocycles. The highest BCUT2D eigenvalue weighted by Crippen LogP contribution is 2.40. The predicted octanol–water partition coefficient (Wildman–Crippen LogP) is 4.81. The number of H-pyrrole nitrogens is 1. The summed E-state index contributed by atoms with van der Waals surface area (Å²) in [7, 11) is 0. The number of aromatic nitrogens is 3. The molecule has 0 saturated heterocycles. The van der Waals surface area contributed by atoms with E-state index in [1.807, 2.05) is 32.0 Å². The minimum absolute atomic E-state index is 0.0645. The molecule has 2 aromatic heterocycles. The van der Waals surface area contributed by atoms with E-state index in [4.69, 9.17) is 9.15 Å². The number of ether oxygens (including phenoxy) is 1. The Morgan fingerprint density at radius 1 is 1.12 bits per heavy atom. The van der Waals surface area contributed by atoms with Gasteiger partial charge in [0.05, 0.1) is 11.7 Å². The van der Waals surface area contributed by atoms with E-state index in [1.165, 1.54) is 18.5 Å². The van der Waals surface area contributed by atoms with Gasteiger partial charge in [0.2, 0.25) is 0 Å². The van der Waals surface area contributed by atoms with Gasteiger partial charge >= 0.3 is 0 Å². The Kier molecular flexibility index (Phi) is 3.72. The summed E-state index contributed by atoms with van der Waals surface area (Å²) in [6, 6.07) is 11.8. The summed E-state index contributed by atoms with van der Waals surface area (Å²) >= 11 is 0. The molecule has 0 aliphatic rings. The zero-order valence-electron chi connectivity index (χ0n) is 13.8. The van der Waals surface area contributed by atoms with Gasteiger partial charge < -0.3 is 9.15 Å². The zero-order chi connectivity index (χ0) is 17.4. The summed E-state index contributed by atoms with van der Waals surface area (Å²) in [5.74, 6) is 1.64. The molecule has 0 unspecified atom stereocenters. The number of furan rings is 1. The first kappa shape index (κ1) is 15.4. The fourth-order valence-electron chi connectivity index (χ4n) is 2.79. The highest BCUT2D eigenvalue weighted by molar-refractivity contribution is 6.00. The summed E-state index contributed by atoms with van der Waals surface area (Å²) in [5.41, 5.74) is 2.23. The van der Waals surface area contributed by atoms with E-state index in [9.17, 15) is 4.39 Å². The van der Waals surface area contributed by atoms with Crippen molar-refractivity contribution in [3.63, 3.8) is 0 Å². The van der Waals surface area contributed by atoms with Gasteiger partial charge in [0.15, 0.2) is 5.82 Å². The van der Waals surface area contributed by atoms with Crippen molar-refractivity contribution in [3.05, 3.63) is 54.6 Å². The lowest BCUT2D eigenvalue weighted by Crippen LogP contribution is -2.05. The molecule has 25 heavy (non-hydrogen) atoms. The third kappa shape index (κ3) is 2.87. The molecule has 1 N–H and O–H groups in total. The third-order valence-corrected chi connectivity index (χ3v) is 3.79. The zero-order valence-corrected chi connectivity index (χ0v) is 13.8. The first-order chi connectivity index (χ1) is 12.1. The van der Waals surface area contributed by atoms with Crippen molar-refractivity contribution in [2.24, 2.45) is 0 Å². The number of nitrogens with zero attached hydrogens (tertiary/aromatic N) is 2. The number of halogens is 1. The van der Waals surface area contributed by atoms with E-state index in [0.29, 0.717) is 17.2 Å². The Labute approximate surface area is 143 Å². The van der Waals surface area contributed by atoms with E-state index in [-0.39, 0.29) is 11.9 Å². The Hall–Kier alpha value is -3.15. The molecular weight excluding hydrogens is 321 g/mol. The van der Waals surface area contributed by atoms with Gasteiger partial charge in [-0.3, -0.25) is 5.10 Å². The highest BCUT2D eigenvalue weighted by atomic mass is 19.1. The van der Waals surface area contributed by atoms with Crippen LogP contribution in [0.3, 0.4) is 0 Å². The van der Waals surface area contributed by atoms with Gasteiger partial charge in [0.1, 0.15) is 29.2 Å². The van der Waals surface area contributed by atoms with Crippen molar-refractivity contribution in [3.8, 4) is 28.5 Å². The summed E-state index contributed by atoms with van der Waals surface area (Å²) in [6.45, 7) is 3.95. The van der Waals surface area contributed by atoms with Gasteiger partial charge in [-0.2, -0.15) is 5.10 Å².